The van der Waals surface area contributed by atoms with Crippen molar-refractivity contribution in [3.05, 3.63) is 70.7 Å². The van der Waals surface area contributed by atoms with E-state index < -0.39 is 24.0 Å². The lowest BCUT2D eigenvalue weighted by molar-refractivity contribution is -0.145. The second-order valence-electron chi connectivity index (χ2n) is 11.7. The molecule has 240 valence electrons. The maximum absolute atomic E-state index is 13.7. The zero-order valence-corrected chi connectivity index (χ0v) is 26.5. The van der Waals surface area contributed by atoms with Crippen LogP contribution in [0.2, 0.25) is 5.02 Å². The van der Waals surface area contributed by atoms with Crippen molar-refractivity contribution in [1.29, 1.82) is 0 Å². The number of amides is 3. The Morgan fingerprint density at radius 1 is 0.955 bits per heavy atom. The Hall–Kier alpha value is -3.47. The van der Waals surface area contributed by atoms with Gasteiger partial charge in [-0.1, -0.05) is 66.9 Å². The number of carboxylic acid groups (broad SMARTS) is 1. The molecule has 4 N–H and O–H groups in total. The first-order valence-electron chi connectivity index (χ1n) is 15.1. The van der Waals surface area contributed by atoms with Gasteiger partial charge in [-0.25, -0.2) is 0 Å². The highest BCUT2D eigenvalue weighted by molar-refractivity contribution is 6.30. The fourth-order valence-corrected chi connectivity index (χ4v) is 6.09. The average Bonchev–Trinajstić information content (AvgIpc) is 3.00. The van der Waals surface area contributed by atoms with E-state index in [-0.39, 0.29) is 49.3 Å². The molecule has 0 saturated heterocycles. The fraction of sp³-hybridized carbons (Fsp3) is 0.515. The molecule has 3 amide bonds. The van der Waals surface area contributed by atoms with Crippen molar-refractivity contribution in [2.45, 2.75) is 75.5 Å². The highest BCUT2D eigenvalue weighted by Crippen LogP contribution is 2.26. The number of methoxy groups -OCH3 is 1. The molecule has 0 aliphatic heterocycles. The van der Waals surface area contributed by atoms with Gasteiger partial charge in [0.2, 0.25) is 17.7 Å². The number of aliphatic carboxylic acids is 1. The van der Waals surface area contributed by atoms with Crippen LogP contribution in [0.4, 0.5) is 0 Å². The van der Waals surface area contributed by atoms with Crippen molar-refractivity contribution in [3.63, 3.8) is 0 Å². The molecule has 1 saturated carbocycles. The molecule has 0 spiro atoms. The van der Waals surface area contributed by atoms with Crippen LogP contribution in [0, 0.1) is 5.92 Å². The quantitative estimate of drug-likeness (QED) is 0.275. The van der Waals surface area contributed by atoms with Gasteiger partial charge in [-0.3, -0.25) is 19.2 Å². The number of ether oxygens (including phenoxy) is 1. The Kier molecular flexibility index (Phi) is 13.6. The number of nitrogens with two attached hydrogens (primary N) is 1. The number of hydrogen-bond acceptors (Lipinski definition) is 6. The highest BCUT2D eigenvalue weighted by atomic mass is 35.5. The van der Waals surface area contributed by atoms with Crippen LogP contribution in [-0.2, 0) is 36.8 Å². The van der Waals surface area contributed by atoms with E-state index in [0.717, 1.165) is 24.0 Å². The van der Waals surface area contributed by atoms with Gasteiger partial charge in [0.15, 0.2) is 0 Å². The molecule has 11 heteroatoms. The van der Waals surface area contributed by atoms with Crippen molar-refractivity contribution < 1.29 is 29.0 Å². The lowest BCUT2D eigenvalue weighted by Crippen LogP contribution is -2.56. The van der Waals surface area contributed by atoms with Gasteiger partial charge < -0.3 is 30.7 Å². The summed E-state index contributed by atoms with van der Waals surface area (Å²) in [5.41, 5.74) is 7.84. The second kappa shape index (κ2) is 17.1. The molecule has 2 aromatic rings. The number of hydrogen-bond donors (Lipinski definition) is 3. The van der Waals surface area contributed by atoms with E-state index >= 15 is 0 Å². The van der Waals surface area contributed by atoms with Crippen LogP contribution < -0.4 is 11.1 Å². The molecular weight excluding hydrogens is 584 g/mol. The van der Waals surface area contributed by atoms with Crippen LogP contribution >= 0.6 is 11.6 Å². The number of nitrogens with one attached hydrogen (secondary N) is 1. The van der Waals surface area contributed by atoms with Crippen molar-refractivity contribution in [2.75, 3.05) is 27.8 Å². The summed E-state index contributed by atoms with van der Waals surface area (Å²) in [5.74, 6) is -2.58. The standard InChI is InChI=1S/C33H45ClN4O6/c1-37(33(43)27(35)21-44-3)26(18-23-13-15-25(34)16-14-23)20-30(39)36-28-11-7-8-12-29(28)38(2)32(42)24(19-31(40)41)17-22-9-5-4-6-10-22/h4-6,9-10,13-16,24,26-29H,7-8,11-12,17-21,35H2,1-3H3,(H,36,39)(H,40,41)/t24?,26-,27-,28-,29-/m0/s1. The third-order valence-corrected chi connectivity index (χ3v) is 8.63. The van der Waals surface area contributed by atoms with Crippen molar-refractivity contribution >= 4 is 35.3 Å². The summed E-state index contributed by atoms with van der Waals surface area (Å²) in [5, 5.41) is 13.3. The molecular formula is C33H45ClN4O6. The number of benzene rings is 2. The first kappa shape index (κ1) is 35.0. The monoisotopic (exact) mass is 628 g/mol. The minimum absolute atomic E-state index is 0.0289. The molecule has 1 aliphatic rings. The van der Waals surface area contributed by atoms with Crippen LogP contribution in [0.25, 0.3) is 0 Å². The highest BCUT2D eigenvalue weighted by Gasteiger charge is 2.36. The Bertz CT molecular complexity index is 1240. The number of carboxylic acids is 1. The zero-order chi connectivity index (χ0) is 32.2. The van der Waals surface area contributed by atoms with Gasteiger partial charge in [0.25, 0.3) is 0 Å². The Labute approximate surface area is 264 Å². The van der Waals surface area contributed by atoms with Crippen molar-refractivity contribution in [2.24, 2.45) is 11.7 Å². The van der Waals surface area contributed by atoms with Crippen LogP contribution in [0.1, 0.15) is 49.7 Å². The van der Waals surface area contributed by atoms with Crippen LogP contribution in [0.5, 0.6) is 0 Å². The Morgan fingerprint density at radius 3 is 2.23 bits per heavy atom. The summed E-state index contributed by atoms with van der Waals surface area (Å²) in [7, 11) is 4.81. The largest absolute Gasteiger partial charge is 0.481 e. The summed E-state index contributed by atoms with van der Waals surface area (Å²) >= 11 is 6.06. The van der Waals surface area contributed by atoms with E-state index in [1.165, 1.54) is 12.0 Å². The van der Waals surface area contributed by atoms with E-state index in [9.17, 15) is 24.3 Å². The molecule has 3 rings (SSSR count). The predicted molar refractivity (Wildman–Crippen MR) is 169 cm³/mol. The average molecular weight is 629 g/mol. The maximum Gasteiger partial charge on any atom is 0.304 e. The smallest absolute Gasteiger partial charge is 0.304 e. The molecule has 0 aromatic heterocycles. The molecule has 1 fully saturated rings. The topological polar surface area (TPSA) is 142 Å². The maximum atomic E-state index is 13.7. The summed E-state index contributed by atoms with van der Waals surface area (Å²) in [4.78, 5) is 55.1. The van der Waals surface area contributed by atoms with Gasteiger partial charge >= 0.3 is 5.97 Å². The molecule has 44 heavy (non-hydrogen) atoms. The summed E-state index contributed by atoms with van der Waals surface area (Å²) < 4.78 is 5.06. The minimum atomic E-state index is -1.03. The van der Waals surface area contributed by atoms with Gasteiger partial charge in [-0.2, -0.15) is 0 Å². The normalized spacial score (nSPS) is 18.5. The van der Waals surface area contributed by atoms with Crippen molar-refractivity contribution in [1.82, 2.24) is 15.1 Å². The number of halogens is 1. The molecule has 5 atom stereocenters. The number of carbonyl (C=O) groups is 4. The Balaban J connectivity index is 1.74. The van der Waals surface area contributed by atoms with Crippen molar-refractivity contribution in [3.8, 4) is 0 Å². The van der Waals surface area contributed by atoms with E-state index in [1.807, 2.05) is 42.5 Å². The minimum Gasteiger partial charge on any atom is -0.481 e. The summed E-state index contributed by atoms with van der Waals surface area (Å²) in [6.45, 7) is 0.0559. The molecule has 0 heterocycles. The first-order chi connectivity index (χ1) is 21.0. The van der Waals surface area contributed by atoms with E-state index in [2.05, 4.69) is 5.32 Å². The fourth-order valence-electron chi connectivity index (χ4n) is 5.96. The van der Waals surface area contributed by atoms with Gasteiger partial charge in [-0.15, -0.1) is 0 Å². The molecule has 1 aliphatic carbocycles. The number of rotatable bonds is 15. The molecule has 1 unspecified atom stereocenters. The third-order valence-electron chi connectivity index (χ3n) is 8.38. The SMILES string of the molecule is COC[C@H](N)C(=O)N(C)[C@H](CC(=O)N[C@H]1CCCC[C@@H]1N(C)C(=O)C(CC(=O)O)Cc1ccccc1)Cc1ccc(Cl)cc1. The predicted octanol–water partition coefficient (Wildman–Crippen LogP) is 3.29. The third kappa shape index (κ3) is 10.3. The molecule has 0 radical (unpaired) electrons. The molecule has 0 bridgehead atoms. The van der Waals surface area contributed by atoms with Crippen LogP contribution in [0.15, 0.2) is 54.6 Å². The lowest BCUT2D eigenvalue weighted by Gasteiger charge is -2.40. The number of nitrogens with zero attached hydrogens (tertiary/aromatic N) is 2. The lowest BCUT2D eigenvalue weighted by atomic mass is 9.87. The van der Waals surface area contributed by atoms with E-state index in [4.69, 9.17) is 22.1 Å². The Morgan fingerprint density at radius 2 is 1.59 bits per heavy atom. The molecule has 10 nitrogen and oxygen atoms in total. The van der Waals surface area contributed by atoms with Crippen LogP contribution in [-0.4, -0.2) is 90.6 Å². The first-order valence-corrected chi connectivity index (χ1v) is 15.4. The molecule has 2 aromatic carbocycles. The van der Waals surface area contributed by atoms with Gasteiger partial charge in [0, 0.05) is 44.7 Å². The van der Waals surface area contributed by atoms with Gasteiger partial charge in [-0.05, 0) is 48.9 Å². The van der Waals surface area contributed by atoms with E-state index in [0.29, 0.717) is 30.7 Å². The van der Waals surface area contributed by atoms with Crippen LogP contribution in [0.3, 0.4) is 0 Å². The number of carbonyl (C=O) groups excluding carboxylic acids is 3. The zero-order valence-electron chi connectivity index (χ0n) is 25.8. The van der Waals surface area contributed by atoms with Gasteiger partial charge in [0.05, 0.1) is 25.0 Å². The van der Waals surface area contributed by atoms with Gasteiger partial charge in [0.1, 0.15) is 6.04 Å². The van der Waals surface area contributed by atoms with E-state index in [1.54, 1.807) is 31.1 Å². The summed E-state index contributed by atoms with van der Waals surface area (Å²) in [6.07, 6.45) is 3.64. The number of likely N-dealkylation sites (N-methyl/N-ethyl adjacent to an activating group) is 2. The summed E-state index contributed by atoms with van der Waals surface area (Å²) in [6, 6.07) is 14.7. The second-order valence-corrected chi connectivity index (χ2v) is 12.1.